The van der Waals surface area contributed by atoms with Crippen molar-refractivity contribution in [2.45, 2.75) is 25.8 Å². The highest BCUT2D eigenvalue weighted by Crippen LogP contribution is 2.28. The largest absolute Gasteiger partial charge is 0.310 e. The molecule has 0 aliphatic heterocycles. The summed E-state index contributed by atoms with van der Waals surface area (Å²) in [6.07, 6.45) is 2.03. The van der Waals surface area contributed by atoms with Gasteiger partial charge in [-0.2, -0.15) is 0 Å². The van der Waals surface area contributed by atoms with Gasteiger partial charge in [-0.15, -0.1) is 0 Å². The summed E-state index contributed by atoms with van der Waals surface area (Å²) in [5.74, 6) is 0. The van der Waals surface area contributed by atoms with Crippen molar-refractivity contribution in [1.29, 1.82) is 0 Å². The normalized spacial score (nSPS) is 12.3. The Hall–Kier alpha value is -0.830. The fourth-order valence-electron chi connectivity index (χ4n) is 2.25. The van der Waals surface area contributed by atoms with Crippen molar-refractivity contribution in [1.82, 2.24) is 5.32 Å². The maximum absolute atomic E-state index is 6.35. The van der Waals surface area contributed by atoms with Crippen LogP contribution in [0.4, 0.5) is 0 Å². The second kappa shape index (κ2) is 7.82. The minimum absolute atomic E-state index is 0.238. The zero-order valence-electron chi connectivity index (χ0n) is 11.6. The highest BCUT2D eigenvalue weighted by molar-refractivity contribution is 9.10. The van der Waals surface area contributed by atoms with E-state index < -0.39 is 0 Å². The zero-order chi connectivity index (χ0) is 14.4. The molecule has 0 bridgehead atoms. The first-order chi connectivity index (χ1) is 9.72. The van der Waals surface area contributed by atoms with E-state index in [9.17, 15) is 0 Å². The lowest BCUT2D eigenvalue weighted by molar-refractivity contribution is 0.529. The summed E-state index contributed by atoms with van der Waals surface area (Å²) in [5.41, 5.74) is 2.46. The number of halogens is 2. The van der Waals surface area contributed by atoms with E-state index >= 15 is 0 Å². The predicted molar refractivity (Wildman–Crippen MR) is 90.3 cm³/mol. The van der Waals surface area contributed by atoms with Gasteiger partial charge in [-0.1, -0.05) is 70.9 Å². The first-order valence-electron chi connectivity index (χ1n) is 6.93. The van der Waals surface area contributed by atoms with Crippen LogP contribution in [0.2, 0.25) is 5.02 Å². The molecular weight excluding hydrogens is 334 g/mol. The Balaban J connectivity index is 2.24. The Morgan fingerprint density at radius 2 is 1.80 bits per heavy atom. The van der Waals surface area contributed by atoms with E-state index in [1.165, 1.54) is 11.1 Å². The van der Waals surface area contributed by atoms with Crippen LogP contribution < -0.4 is 5.32 Å². The summed E-state index contributed by atoms with van der Waals surface area (Å²) in [6.45, 7) is 3.16. The molecule has 20 heavy (non-hydrogen) atoms. The zero-order valence-corrected chi connectivity index (χ0v) is 13.9. The van der Waals surface area contributed by atoms with Crippen molar-refractivity contribution in [3.63, 3.8) is 0 Å². The van der Waals surface area contributed by atoms with Gasteiger partial charge < -0.3 is 5.32 Å². The Labute approximate surface area is 134 Å². The topological polar surface area (TPSA) is 12.0 Å². The molecule has 0 aliphatic rings. The molecule has 0 radical (unpaired) electrons. The molecule has 1 unspecified atom stereocenters. The number of nitrogens with one attached hydrogen (secondary N) is 1. The molecule has 2 rings (SSSR count). The third kappa shape index (κ3) is 4.08. The molecule has 0 heterocycles. The second-order valence-corrected chi connectivity index (χ2v) is 6.09. The van der Waals surface area contributed by atoms with Crippen LogP contribution in [0.1, 0.15) is 30.5 Å². The van der Waals surface area contributed by atoms with Crippen LogP contribution in [0.25, 0.3) is 0 Å². The molecule has 2 aromatic rings. The van der Waals surface area contributed by atoms with E-state index in [1.807, 2.05) is 24.3 Å². The lowest BCUT2D eigenvalue weighted by Gasteiger charge is -2.21. The average Bonchev–Trinajstić information content (AvgIpc) is 2.46. The molecular formula is C17H19BrClN. The smallest absolute Gasteiger partial charge is 0.0453 e. The van der Waals surface area contributed by atoms with E-state index in [4.69, 9.17) is 11.6 Å². The highest BCUT2D eigenvalue weighted by atomic mass is 79.9. The molecule has 2 aromatic carbocycles. The molecule has 0 aromatic heterocycles. The van der Waals surface area contributed by atoms with Gasteiger partial charge in [0.1, 0.15) is 0 Å². The van der Waals surface area contributed by atoms with Gasteiger partial charge in [0.15, 0.2) is 0 Å². The highest BCUT2D eigenvalue weighted by Gasteiger charge is 2.15. The SMILES string of the molecule is CCCNC(Cc1ccccc1Br)c1ccccc1Cl. The molecule has 1 atom stereocenters. The number of hydrogen-bond donors (Lipinski definition) is 1. The average molecular weight is 353 g/mol. The maximum Gasteiger partial charge on any atom is 0.0453 e. The molecule has 0 saturated carbocycles. The van der Waals surface area contributed by atoms with E-state index in [-0.39, 0.29) is 6.04 Å². The molecule has 3 heteroatoms. The lowest BCUT2D eigenvalue weighted by atomic mass is 9.98. The fraction of sp³-hybridized carbons (Fsp3) is 0.294. The molecule has 0 spiro atoms. The van der Waals surface area contributed by atoms with Crippen molar-refractivity contribution < 1.29 is 0 Å². The van der Waals surface area contributed by atoms with Crippen molar-refractivity contribution in [3.05, 3.63) is 69.2 Å². The molecule has 0 saturated heterocycles. The van der Waals surface area contributed by atoms with Gasteiger partial charge in [-0.3, -0.25) is 0 Å². The summed E-state index contributed by atoms with van der Waals surface area (Å²) in [4.78, 5) is 0. The van der Waals surface area contributed by atoms with Gasteiger partial charge in [0.05, 0.1) is 0 Å². The van der Waals surface area contributed by atoms with E-state index in [0.717, 1.165) is 28.9 Å². The van der Waals surface area contributed by atoms with Gasteiger partial charge in [0.2, 0.25) is 0 Å². The number of benzene rings is 2. The molecule has 0 fully saturated rings. The van der Waals surface area contributed by atoms with Crippen molar-refractivity contribution in [2.24, 2.45) is 0 Å². The minimum Gasteiger partial charge on any atom is -0.310 e. The first-order valence-corrected chi connectivity index (χ1v) is 8.10. The van der Waals surface area contributed by atoms with Gasteiger partial charge in [-0.05, 0) is 42.6 Å². The van der Waals surface area contributed by atoms with Crippen molar-refractivity contribution in [2.75, 3.05) is 6.54 Å². The van der Waals surface area contributed by atoms with Gasteiger partial charge >= 0.3 is 0 Å². The maximum atomic E-state index is 6.35. The van der Waals surface area contributed by atoms with E-state index in [1.54, 1.807) is 0 Å². The Bertz CT molecular complexity index is 556. The first kappa shape index (κ1) is 15.6. The lowest BCUT2D eigenvalue weighted by Crippen LogP contribution is -2.24. The standard InChI is InChI=1S/C17H19BrClN/c1-2-11-20-17(14-8-4-6-10-16(14)19)12-13-7-3-5-9-15(13)18/h3-10,17,20H,2,11-12H2,1H3. The Morgan fingerprint density at radius 3 is 2.50 bits per heavy atom. The molecule has 0 amide bonds. The van der Waals surface area contributed by atoms with Gasteiger partial charge in [0, 0.05) is 15.5 Å². The quantitative estimate of drug-likeness (QED) is 0.735. The van der Waals surface area contributed by atoms with E-state index in [2.05, 4.69) is 52.4 Å². The van der Waals surface area contributed by atoms with Crippen LogP contribution in [0.15, 0.2) is 53.0 Å². The summed E-state index contributed by atoms with van der Waals surface area (Å²) in [6, 6.07) is 16.7. The van der Waals surface area contributed by atoms with Gasteiger partial charge in [-0.25, -0.2) is 0 Å². The molecule has 1 nitrogen and oxygen atoms in total. The number of hydrogen-bond acceptors (Lipinski definition) is 1. The summed E-state index contributed by atoms with van der Waals surface area (Å²) < 4.78 is 1.15. The minimum atomic E-state index is 0.238. The monoisotopic (exact) mass is 351 g/mol. The van der Waals surface area contributed by atoms with Gasteiger partial charge in [0.25, 0.3) is 0 Å². The van der Waals surface area contributed by atoms with Crippen LogP contribution in [-0.2, 0) is 6.42 Å². The van der Waals surface area contributed by atoms with Crippen molar-refractivity contribution in [3.8, 4) is 0 Å². The van der Waals surface area contributed by atoms with Crippen LogP contribution in [0.5, 0.6) is 0 Å². The molecule has 0 aliphatic carbocycles. The Morgan fingerprint density at radius 1 is 1.10 bits per heavy atom. The third-order valence-electron chi connectivity index (χ3n) is 3.30. The summed E-state index contributed by atoms with van der Waals surface area (Å²) in [7, 11) is 0. The predicted octanol–water partition coefficient (Wildman–Crippen LogP) is 5.39. The van der Waals surface area contributed by atoms with Crippen molar-refractivity contribution >= 4 is 27.5 Å². The summed E-state index contributed by atoms with van der Waals surface area (Å²) in [5, 5.41) is 4.42. The van der Waals surface area contributed by atoms with Crippen LogP contribution in [0, 0.1) is 0 Å². The fourth-order valence-corrected chi connectivity index (χ4v) is 2.97. The molecule has 1 N–H and O–H groups in total. The second-order valence-electron chi connectivity index (χ2n) is 4.82. The van der Waals surface area contributed by atoms with Crippen LogP contribution in [-0.4, -0.2) is 6.54 Å². The molecule has 106 valence electrons. The summed E-state index contributed by atoms with van der Waals surface area (Å²) >= 11 is 9.98. The van der Waals surface area contributed by atoms with Crippen LogP contribution in [0.3, 0.4) is 0 Å². The number of rotatable bonds is 6. The Kier molecular flexibility index (Phi) is 6.08. The van der Waals surface area contributed by atoms with Crippen LogP contribution >= 0.6 is 27.5 Å². The van der Waals surface area contributed by atoms with E-state index in [0.29, 0.717) is 0 Å². The third-order valence-corrected chi connectivity index (χ3v) is 4.42.